The van der Waals surface area contributed by atoms with Gasteiger partial charge >= 0.3 is 6.18 Å². The van der Waals surface area contributed by atoms with Crippen molar-refractivity contribution in [2.45, 2.75) is 32.1 Å². The Balaban J connectivity index is 1.18. The summed E-state index contributed by atoms with van der Waals surface area (Å²) in [5.41, 5.74) is 3.99. The van der Waals surface area contributed by atoms with Gasteiger partial charge in [0.1, 0.15) is 0 Å². The average molecular weight is 542 g/mol. The minimum atomic E-state index is -4.43. The van der Waals surface area contributed by atoms with Gasteiger partial charge in [-0.2, -0.15) is 13.2 Å². The fourth-order valence-electron chi connectivity index (χ4n) is 5.18. The number of carbonyl (C=O) groups is 1. The van der Waals surface area contributed by atoms with Crippen LogP contribution in [0.2, 0.25) is 0 Å². The highest BCUT2D eigenvalue weighted by molar-refractivity contribution is 5.90. The van der Waals surface area contributed by atoms with E-state index in [-0.39, 0.29) is 18.9 Å². The molecule has 1 N–H and O–H groups in total. The molecule has 0 saturated carbocycles. The molecule has 3 aromatic carbocycles. The first-order valence-electron chi connectivity index (χ1n) is 13.0. The molecule has 1 aliphatic heterocycles. The molecular formula is C31H26F3N5O. The monoisotopic (exact) mass is 541 g/mol. The van der Waals surface area contributed by atoms with Crippen LogP contribution in [0, 0.1) is 0 Å². The molecule has 5 aromatic rings. The number of nitrogens with one attached hydrogen (secondary N) is 1. The first-order chi connectivity index (χ1) is 19.3. The van der Waals surface area contributed by atoms with Crippen LogP contribution in [0.15, 0.2) is 91.1 Å². The summed E-state index contributed by atoms with van der Waals surface area (Å²) in [4.78, 5) is 15.0. The van der Waals surface area contributed by atoms with Crippen molar-refractivity contribution in [3.63, 3.8) is 0 Å². The van der Waals surface area contributed by atoms with Crippen LogP contribution in [-0.4, -0.2) is 27.2 Å². The number of benzene rings is 3. The van der Waals surface area contributed by atoms with Crippen molar-refractivity contribution in [1.82, 2.24) is 20.1 Å². The van der Waals surface area contributed by atoms with Crippen molar-refractivity contribution in [2.75, 3.05) is 11.4 Å². The van der Waals surface area contributed by atoms with Gasteiger partial charge in [-0.15, -0.1) is 10.2 Å². The second-order valence-corrected chi connectivity index (χ2v) is 9.88. The van der Waals surface area contributed by atoms with Crippen LogP contribution in [0.4, 0.5) is 19.0 Å². The molecular weight excluding hydrogens is 515 g/mol. The van der Waals surface area contributed by atoms with Crippen LogP contribution in [0.3, 0.4) is 0 Å². The second-order valence-electron chi connectivity index (χ2n) is 9.88. The van der Waals surface area contributed by atoms with Gasteiger partial charge in [0.05, 0.1) is 17.5 Å². The minimum absolute atomic E-state index is 0.00923. The van der Waals surface area contributed by atoms with E-state index < -0.39 is 11.7 Å². The highest BCUT2D eigenvalue weighted by Gasteiger charge is 2.30. The molecule has 0 fully saturated rings. The van der Waals surface area contributed by atoms with Gasteiger partial charge in [-0.05, 0) is 59.0 Å². The van der Waals surface area contributed by atoms with Gasteiger partial charge in [-0.1, -0.05) is 54.6 Å². The lowest BCUT2D eigenvalue weighted by atomic mass is 10.00. The molecule has 40 heavy (non-hydrogen) atoms. The first kappa shape index (κ1) is 25.6. The van der Waals surface area contributed by atoms with E-state index in [0.717, 1.165) is 53.9 Å². The molecule has 202 valence electrons. The van der Waals surface area contributed by atoms with Crippen LogP contribution in [0.5, 0.6) is 0 Å². The van der Waals surface area contributed by atoms with Crippen LogP contribution in [0.25, 0.3) is 16.7 Å². The third kappa shape index (κ3) is 5.27. The van der Waals surface area contributed by atoms with Crippen molar-refractivity contribution in [2.24, 2.45) is 0 Å². The standard InChI is InChI=1S/C31H26F3N5O/c32-31(33,34)25-9-5-6-21(16-25)18-35-30(40)17-24-20-39(27-11-4-3-10-26(24)27)29-13-12-28(36-37-29)38-15-14-22-7-1-2-8-23(22)19-38/h1-13,16,20H,14-15,17-19H2,(H,35,40). The molecule has 1 amide bonds. The lowest BCUT2D eigenvalue weighted by molar-refractivity contribution is -0.137. The summed E-state index contributed by atoms with van der Waals surface area (Å²) in [5, 5.41) is 12.7. The predicted molar refractivity (Wildman–Crippen MR) is 147 cm³/mol. The summed E-state index contributed by atoms with van der Waals surface area (Å²) >= 11 is 0. The van der Waals surface area contributed by atoms with E-state index in [9.17, 15) is 18.0 Å². The van der Waals surface area contributed by atoms with Crippen molar-refractivity contribution in [3.05, 3.63) is 119 Å². The lowest BCUT2D eigenvalue weighted by Gasteiger charge is -2.29. The number of nitrogens with zero attached hydrogens (tertiary/aromatic N) is 4. The Labute approximate surface area is 229 Å². The van der Waals surface area contributed by atoms with Gasteiger partial charge in [0.15, 0.2) is 11.6 Å². The third-order valence-electron chi connectivity index (χ3n) is 7.23. The quantitative estimate of drug-likeness (QED) is 0.293. The fraction of sp³-hybridized carbons (Fsp3) is 0.194. The third-order valence-corrected chi connectivity index (χ3v) is 7.23. The fourth-order valence-corrected chi connectivity index (χ4v) is 5.18. The van der Waals surface area contributed by atoms with Crippen molar-refractivity contribution < 1.29 is 18.0 Å². The number of fused-ring (bicyclic) bond motifs is 2. The smallest absolute Gasteiger partial charge is 0.352 e. The topological polar surface area (TPSA) is 63.1 Å². The Morgan fingerprint density at radius 2 is 1.62 bits per heavy atom. The van der Waals surface area contributed by atoms with Crippen LogP contribution in [-0.2, 0) is 36.9 Å². The van der Waals surface area contributed by atoms with Crippen molar-refractivity contribution >= 4 is 22.6 Å². The maximum Gasteiger partial charge on any atom is 0.416 e. The molecule has 0 atom stereocenters. The average Bonchev–Trinajstić information content (AvgIpc) is 3.34. The molecule has 0 unspecified atom stereocenters. The molecule has 6 rings (SSSR count). The zero-order valence-corrected chi connectivity index (χ0v) is 21.5. The number of carbonyl (C=O) groups excluding carboxylic acids is 1. The van der Waals surface area contributed by atoms with Gasteiger partial charge in [0, 0.05) is 31.2 Å². The maximum atomic E-state index is 13.0. The van der Waals surface area contributed by atoms with Gasteiger partial charge in [0.2, 0.25) is 5.91 Å². The number of rotatable bonds is 6. The molecule has 1 aliphatic rings. The first-order valence-corrected chi connectivity index (χ1v) is 13.0. The number of alkyl halides is 3. The number of halogens is 3. The number of hydrogen-bond acceptors (Lipinski definition) is 4. The number of amides is 1. The van der Waals surface area contributed by atoms with E-state index in [4.69, 9.17) is 0 Å². The van der Waals surface area contributed by atoms with Gasteiger partial charge < -0.3 is 10.2 Å². The Hall–Kier alpha value is -4.66. The van der Waals surface area contributed by atoms with Gasteiger partial charge in [-0.25, -0.2) is 0 Å². The predicted octanol–water partition coefficient (Wildman–Crippen LogP) is 5.86. The zero-order valence-electron chi connectivity index (χ0n) is 21.5. The van der Waals surface area contributed by atoms with Gasteiger partial charge in [-0.3, -0.25) is 9.36 Å². The Bertz CT molecular complexity index is 1680. The van der Waals surface area contributed by atoms with E-state index >= 15 is 0 Å². The molecule has 3 heterocycles. The van der Waals surface area contributed by atoms with Crippen LogP contribution >= 0.6 is 0 Å². The van der Waals surface area contributed by atoms with Crippen molar-refractivity contribution in [3.8, 4) is 5.82 Å². The Morgan fingerprint density at radius 3 is 2.42 bits per heavy atom. The molecule has 9 heteroatoms. The summed E-state index contributed by atoms with van der Waals surface area (Å²) in [6, 6.07) is 25.0. The Kier molecular flexibility index (Phi) is 6.71. The zero-order chi connectivity index (χ0) is 27.7. The van der Waals surface area contributed by atoms with Crippen LogP contribution < -0.4 is 10.2 Å². The minimum Gasteiger partial charge on any atom is -0.352 e. The van der Waals surface area contributed by atoms with E-state index in [0.29, 0.717) is 11.4 Å². The molecule has 0 aliphatic carbocycles. The molecule has 0 spiro atoms. The molecule has 0 radical (unpaired) electrons. The number of hydrogen-bond donors (Lipinski definition) is 1. The van der Waals surface area contributed by atoms with Crippen molar-refractivity contribution in [1.29, 1.82) is 0 Å². The SMILES string of the molecule is O=C(Cc1cn(-c2ccc(N3CCc4ccccc4C3)nn2)c2ccccc12)NCc1cccc(C(F)(F)F)c1. The van der Waals surface area contributed by atoms with Crippen LogP contribution in [0.1, 0.15) is 27.8 Å². The largest absolute Gasteiger partial charge is 0.416 e. The highest BCUT2D eigenvalue weighted by Crippen LogP contribution is 2.30. The van der Waals surface area contributed by atoms with E-state index in [1.807, 2.05) is 47.2 Å². The van der Waals surface area contributed by atoms with Gasteiger partial charge in [0.25, 0.3) is 0 Å². The lowest BCUT2D eigenvalue weighted by Crippen LogP contribution is -2.31. The summed E-state index contributed by atoms with van der Waals surface area (Å²) in [6.07, 6.45) is -1.52. The second kappa shape index (κ2) is 10.5. The molecule has 6 nitrogen and oxygen atoms in total. The summed E-state index contributed by atoms with van der Waals surface area (Å²) in [7, 11) is 0. The number of anilines is 1. The maximum absolute atomic E-state index is 13.0. The van der Waals surface area contributed by atoms with E-state index in [2.05, 4.69) is 44.7 Å². The van der Waals surface area contributed by atoms with E-state index in [1.54, 1.807) is 6.07 Å². The summed E-state index contributed by atoms with van der Waals surface area (Å²) < 4.78 is 41.0. The summed E-state index contributed by atoms with van der Waals surface area (Å²) in [6.45, 7) is 1.67. The number of para-hydroxylation sites is 1. The Morgan fingerprint density at radius 1 is 0.875 bits per heavy atom. The summed E-state index contributed by atoms with van der Waals surface area (Å²) in [5.74, 6) is 1.16. The molecule has 0 saturated heterocycles. The molecule has 0 bridgehead atoms. The van der Waals surface area contributed by atoms with E-state index in [1.165, 1.54) is 17.2 Å². The normalized spacial score (nSPS) is 13.3. The highest BCUT2D eigenvalue weighted by atomic mass is 19.4. The number of aromatic nitrogens is 3. The molecule has 2 aromatic heterocycles.